The predicted octanol–water partition coefficient (Wildman–Crippen LogP) is 7.27. The molecule has 1 aliphatic rings. The quantitative estimate of drug-likeness (QED) is 0.0423. The van der Waals surface area contributed by atoms with Gasteiger partial charge in [0.1, 0.15) is 33.3 Å². The van der Waals surface area contributed by atoms with Gasteiger partial charge in [-0.05, 0) is 36.6 Å². The summed E-state index contributed by atoms with van der Waals surface area (Å²) in [7, 11) is 7.51. The summed E-state index contributed by atoms with van der Waals surface area (Å²) in [5.74, 6) is -0.380. The number of urea groups is 1. The molecule has 1 aliphatic heterocycles. The molecule has 2 unspecified atom stereocenters. The normalized spacial score (nSPS) is 20.6. The number of ether oxygens (including phenoxy) is 3. The highest BCUT2D eigenvalue weighted by molar-refractivity contribution is 8.07. The third-order valence-electron chi connectivity index (χ3n) is 8.16. The van der Waals surface area contributed by atoms with Gasteiger partial charge in [-0.2, -0.15) is 0 Å². The van der Waals surface area contributed by atoms with Crippen LogP contribution in [0.2, 0.25) is 0 Å². The van der Waals surface area contributed by atoms with Crippen molar-refractivity contribution in [3.05, 3.63) is 35.9 Å². The van der Waals surface area contributed by atoms with E-state index in [4.69, 9.17) is 42.9 Å². The second-order valence-electron chi connectivity index (χ2n) is 11.9. The van der Waals surface area contributed by atoms with E-state index in [1.807, 2.05) is 30.3 Å². The van der Waals surface area contributed by atoms with Gasteiger partial charge in [0.25, 0.3) is 0 Å². The van der Waals surface area contributed by atoms with E-state index in [2.05, 4.69) is 17.6 Å². The Morgan fingerprint density at radius 3 is 2.04 bits per heavy atom. The van der Waals surface area contributed by atoms with Gasteiger partial charge in [0, 0.05) is 32.1 Å². The molecule has 5 atom stereocenters. The number of unbranched alkanes of at least 4 members (excludes halogenated alkanes) is 12. The number of benzene rings is 1. The van der Waals surface area contributed by atoms with Gasteiger partial charge < -0.3 is 38.8 Å². The minimum Gasteiger partial charge on any atom is -0.431 e. The molecule has 13 heteroatoms. The van der Waals surface area contributed by atoms with Crippen LogP contribution in [0.1, 0.15) is 109 Å². The number of carbonyl (C=O) groups excluding carboxylic acids is 2. The summed E-state index contributed by atoms with van der Waals surface area (Å²) in [6, 6.07) is 8.26. The van der Waals surface area contributed by atoms with E-state index in [9.17, 15) is 14.5 Å². The number of hydrogen-bond acceptors (Lipinski definition) is 8. The highest BCUT2D eigenvalue weighted by atomic mass is 32.5. The lowest BCUT2D eigenvalue weighted by Crippen LogP contribution is -2.37. The van der Waals surface area contributed by atoms with Gasteiger partial charge in [-0.3, -0.25) is 0 Å². The molecule has 0 spiro atoms. The Bertz CT molecular complexity index is 1010. The van der Waals surface area contributed by atoms with E-state index in [0.717, 1.165) is 18.4 Å². The maximum absolute atomic E-state index is 12.2. The minimum atomic E-state index is -3.57. The van der Waals surface area contributed by atoms with Crippen molar-refractivity contribution >= 4 is 38.6 Å². The van der Waals surface area contributed by atoms with Crippen LogP contribution in [0.3, 0.4) is 0 Å². The molecule has 2 rings (SSSR count). The highest BCUT2D eigenvalue weighted by Crippen LogP contribution is 2.48. The molecule has 2 amide bonds. The van der Waals surface area contributed by atoms with E-state index >= 15 is 0 Å². The highest BCUT2D eigenvalue weighted by Gasteiger charge is 2.45. The first-order valence-corrected chi connectivity index (χ1v) is 19.7. The summed E-state index contributed by atoms with van der Waals surface area (Å²) < 4.78 is 26.9. The standard InChI is InChI=1S/C33H56BN2O8PS/c1-3-4-5-6-7-8-9-10-11-12-13-14-18-23-35-32(37)36-24-19-22-28-30(44-45(39,46)40-2)29(43-31(28)34)26-42-33(38)41-25-27-20-16-15-17-21-27/h15-17,20-21,28-31H,3-14,18-19,22-26H2,1-2H3,(H,39,46)(H2,35,36,37)/t28-,29+,30?,31+,45?/m0/s1. The van der Waals surface area contributed by atoms with Crippen molar-refractivity contribution in [2.45, 2.75) is 128 Å². The van der Waals surface area contributed by atoms with Gasteiger partial charge in [-0.25, -0.2) is 9.59 Å². The van der Waals surface area contributed by atoms with Gasteiger partial charge in [0.05, 0.1) is 0 Å². The smallest absolute Gasteiger partial charge is 0.431 e. The van der Waals surface area contributed by atoms with Crippen molar-refractivity contribution in [1.29, 1.82) is 0 Å². The molecule has 1 aromatic carbocycles. The SMILES string of the molecule is [B][C@@H]1O[C@H](COC(=O)OCc2ccccc2)C(OP(O)(=S)OC)[C@@H]1CCCNC(=O)NCCCCCCCCCCCCCCC. The van der Waals surface area contributed by atoms with Gasteiger partial charge in [-0.1, -0.05) is 114 Å². The van der Waals surface area contributed by atoms with Crippen LogP contribution in [0.4, 0.5) is 9.59 Å². The molecule has 1 heterocycles. The van der Waals surface area contributed by atoms with Crippen LogP contribution in [0.25, 0.3) is 0 Å². The van der Waals surface area contributed by atoms with Crippen molar-refractivity contribution in [2.75, 3.05) is 26.8 Å². The van der Waals surface area contributed by atoms with Crippen LogP contribution in [-0.4, -0.2) is 69.9 Å². The summed E-state index contributed by atoms with van der Waals surface area (Å²) in [4.78, 5) is 34.8. The van der Waals surface area contributed by atoms with E-state index < -0.39 is 31.1 Å². The first-order chi connectivity index (χ1) is 22.3. The van der Waals surface area contributed by atoms with Crippen molar-refractivity contribution in [2.24, 2.45) is 5.92 Å². The molecule has 0 saturated carbocycles. The van der Waals surface area contributed by atoms with Crippen LogP contribution in [0.5, 0.6) is 0 Å². The third kappa shape index (κ3) is 18.0. The second kappa shape index (κ2) is 24.5. The van der Waals surface area contributed by atoms with Gasteiger partial charge in [0.2, 0.25) is 0 Å². The molecule has 260 valence electrons. The Balaban J connectivity index is 1.60. The molecule has 3 N–H and O–H groups in total. The zero-order valence-corrected chi connectivity index (χ0v) is 29.6. The lowest BCUT2D eigenvalue weighted by molar-refractivity contribution is -0.0272. The topological polar surface area (TPSA) is 125 Å². The van der Waals surface area contributed by atoms with Gasteiger partial charge >= 0.3 is 18.9 Å². The first kappa shape index (κ1) is 40.5. The maximum atomic E-state index is 12.2. The number of hydrogen-bond donors (Lipinski definition) is 3. The Labute approximate surface area is 283 Å². The van der Waals surface area contributed by atoms with Gasteiger partial charge in [0.15, 0.2) is 0 Å². The molecule has 10 nitrogen and oxygen atoms in total. The minimum absolute atomic E-state index is 0.0638. The Morgan fingerprint density at radius 1 is 0.891 bits per heavy atom. The van der Waals surface area contributed by atoms with Crippen LogP contribution >= 0.6 is 6.72 Å². The lowest BCUT2D eigenvalue weighted by Gasteiger charge is -2.27. The second-order valence-corrected chi connectivity index (χ2v) is 14.8. The summed E-state index contributed by atoms with van der Waals surface area (Å²) in [6.07, 6.45) is 15.4. The fourth-order valence-electron chi connectivity index (χ4n) is 5.50. The van der Waals surface area contributed by atoms with Crippen LogP contribution in [0.15, 0.2) is 30.3 Å². The molecule has 1 aromatic rings. The molecule has 2 radical (unpaired) electrons. The number of nitrogens with one attached hydrogen (secondary N) is 2. The Hall–Kier alpha value is -1.69. The lowest BCUT2D eigenvalue weighted by atomic mass is 9.82. The van der Waals surface area contributed by atoms with E-state index in [-0.39, 0.29) is 25.2 Å². The molecule has 1 saturated heterocycles. The van der Waals surface area contributed by atoms with E-state index in [1.54, 1.807) is 0 Å². The predicted molar refractivity (Wildman–Crippen MR) is 185 cm³/mol. The first-order valence-electron chi connectivity index (χ1n) is 17.1. The Kier molecular flexibility index (Phi) is 21.5. The average Bonchev–Trinajstić information content (AvgIpc) is 3.34. The number of rotatable bonds is 25. The molecule has 0 aromatic heterocycles. The molecule has 46 heavy (non-hydrogen) atoms. The monoisotopic (exact) mass is 682 g/mol. The number of carbonyl (C=O) groups is 2. The summed E-state index contributed by atoms with van der Waals surface area (Å²) >= 11 is 5.06. The average molecular weight is 683 g/mol. The molecular weight excluding hydrogens is 626 g/mol. The fourth-order valence-corrected chi connectivity index (χ4v) is 6.49. The van der Waals surface area contributed by atoms with Crippen molar-refractivity contribution in [1.82, 2.24) is 10.6 Å². The Morgan fingerprint density at radius 2 is 1.46 bits per heavy atom. The van der Waals surface area contributed by atoms with E-state index in [1.165, 1.54) is 77.7 Å². The fraction of sp³-hybridized carbons (Fsp3) is 0.758. The molecule has 0 bridgehead atoms. The van der Waals surface area contributed by atoms with Crippen molar-refractivity contribution in [3.63, 3.8) is 0 Å². The zero-order chi connectivity index (χ0) is 33.5. The van der Waals surface area contributed by atoms with E-state index in [0.29, 0.717) is 25.9 Å². The largest absolute Gasteiger partial charge is 0.508 e. The van der Waals surface area contributed by atoms with Gasteiger partial charge in [-0.15, -0.1) is 0 Å². The summed E-state index contributed by atoms with van der Waals surface area (Å²) in [5.41, 5.74) is 0.822. The number of amides is 2. The summed E-state index contributed by atoms with van der Waals surface area (Å²) in [5, 5.41) is 5.79. The molecule has 0 aliphatic carbocycles. The van der Waals surface area contributed by atoms with Crippen molar-refractivity contribution < 1.29 is 37.7 Å². The molecular formula is C33H56BN2O8PS. The zero-order valence-electron chi connectivity index (χ0n) is 27.9. The van der Waals surface area contributed by atoms with Crippen LogP contribution in [-0.2, 0) is 41.7 Å². The summed E-state index contributed by atoms with van der Waals surface area (Å²) in [6.45, 7) is -0.386. The molecule has 1 fully saturated rings. The van der Waals surface area contributed by atoms with Crippen LogP contribution < -0.4 is 10.6 Å². The third-order valence-corrected chi connectivity index (χ3v) is 9.84. The van der Waals surface area contributed by atoms with Crippen molar-refractivity contribution in [3.8, 4) is 0 Å². The maximum Gasteiger partial charge on any atom is 0.508 e. The van der Waals surface area contributed by atoms with Crippen LogP contribution in [0, 0.1) is 5.92 Å².